The zero-order valence-electron chi connectivity index (χ0n) is 20.6. The number of ether oxygens (including phenoxy) is 1. The second-order valence-corrected chi connectivity index (χ2v) is 10.2. The van der Waals surface area contributed by atoms with Gasteiger partial charge < -0.3 is 15.0 Å². The van der Waals surface area contributed by atoms with Gasteiger partial charge in [0.25, 0.3) is 0 Å². The molecule has 2 aliphatic carbocycles. The van der Waals surface area contributed by atoms with Crippen molar-refractivity contribution in [2.45, 2.75) is 51.0 Å². The Morgan fingerprint density at radius 1 is 1.17 bits per heavy atom. The van der Waals surface area contributed by atoms with Gasteiger partial charge in [-0.1, -0.05) is 36.9 Å². The number of hydrogen-bond donors (Lipinski definition) is 2. The molecule has 2 aromatic carbocycles. The SMILES string of the molecule is C=C(C)c1cccc2c(CCC3CC3c3ccc(Nc4ccnc5c4CCC5OC)cc3)c[nH]c12. The van der Waals surface area contributed by atoms with E-state index in [4.69, 9.17) is 4.74 Å². The highest BCUT2D eigenvalue weighted by molar-refractivity contribution is 5.92. The Bertz CT molecular complexity index is 1380. The number of pyridine rings is 1. The van der Waals surface area contributed by atoms with Gasteiger partial charge in [0.05, 0.1) is 17.3 Å². The predicted molar refractivity (Wildman–Crippen MR) is 144 cm³/mol. The summed E-state index contributed by atoms with van der Waals surface area (Å²) in [5.41, 5.74) is 11.1. The van der Waals surface area contributed by atoms with Crippen LogP contribution in [0.4, 0.5) is 11.4 Å². The fourth-order valence-corrected chi connectivity index (χ4v) is 5.87. The van der Waals surface area contributed by atoms with Crippen LogP contribution in [0.15, 0.2) is 67.5 Å². The largest absolute Gasteiger partial charge is 0.375 e. The summed E-state index contributed by atoms with van der Waals surface area (Å²) in [4.78, 5) is 8.06. The molecule has 2 N–H and O–H groups in total. The number of aromatic amines is 1. The molecule has 2 aliphatic rings. The molecule has 3 atom stereocenters. The summed E-state index contributed by atoms with van der Waals surface area (Å²) >= 11 is 0. The maximum atomic E-state index is 5.59. The van der Waals surface area contributed by atoms with Crippen LogP contribution in [0.2, 0.25) is 0 Å². The number of nitrogens with one attached hydrogen (secondary N) is 2. The number of benzene rings is 2. The quantitative estimate of drug-likeness (QED) is 0.281. The summed E-state index contributed by atoms with van der Waals surface area (Å²) in [7, 11) is 1.77. The molecular formula is C31H33N3O. The highest BCUT2D eigenvalue weighted by atomic mass is 16.5. The van der Waals surface area contributed by atoms with Gasteiger partial charge in [-0.3, -0.25) is 4.98 Å². The van der Waals surface area contributed by atoms with Crippen LogP contribution in [-0.2, 0) is 17.6 Å². The minimum Gasteiger partial charge on any atom is -0.375 e. The van der Waals surface area contributed by atoms with Crippen molar-refractivity contribution in [3.05, 3.63) is 95.5 Å². The molecule has 0 radical (unpaired) electrons. The Hall–Kier alpha value is -3.37. The van der Waals surface area contributed by atoms with Crippen molar-refractivity contribution in [2.24, 2.45) is 5.92 Å². The molecule has 3 unspecified atom stereocenters. The van der Waals surface area contributed by atoms with Gasteiger partial charge in [-0.15, -0.1) is 0 Å². The molecule has 0 saturated heterocycles. The lowest BCUT2D eigenvalue weighted by atomic mass is 10.0. The fraction of sp³-hybridized carbons (Fsp3) is 0.323. The third-order valence-corrected chi connectivity index (χ3v) is 7.92. The van der Waals surface area contributed by atoms with Crippen molar-refractivity contribution in [2.75, 3.05) is 12.4 Å². The summed E-state index contributed by atoms with van der Waals surface area (Å²) in [5.74, 6) is 1.46. The maximum Gasteiger partial charge on any atom is 0.0997 e. The number of para-hydroxylation sites is 1. The smallest absolute Gasteiger partial charge is 0.0997 e. The molecule has 0 spiro atoms. The van der Waals surface area contributed by atoms with Gasteiger partial charge >= 0.3 is 0 Å². The molecule has 35 heavy (non-hydrogen) atoms. The zero-order valence-corrected chi connectivity index (χ0v) is 20.6. The standard InChI is InChI=1S/C31H33N3O/c1-19(2)24-5-4-6-25-22(18-33-30(24)25)8-7-21-17-27(21)20-9-11-23(12-10-20)34-28-15-16-32-31-26(28)13-14-29(31)35-3/h4-6,9-12,15-16,18,21,27,29,33H,1,7-8,13-14,17H2,2-3H3,(H,32,34). The van der Waals surface area contributed by atoms with Crippen molar-refractivity contribution < 1.29 is 4.74 Å². The molecule has 4 heteroatoms. The van der Waals surface area contributed by atoms with Crippen LogP contribution in [0.1, 0.15) is 66.2 Å². The number of H-pyrrole nitrogens is 1. The molecule has 6 rings (SSSR count). The van der Waals surface area contributed by atoms with Gasteiger partial charge in [0, 0.05) is 41.8 Å². The predicted octanol–water partition coefficient (Wildman–Crippen LogP) is 7.71. The summed E-state index contributed by atoms with van der Waals surface area (Å²) in [6.45, 7) is 6.21. The topological polar surface area (TPSA) is 49.9 Å². The monoisotopic (exact) mass is 463 g/mol. The van der Waals surface area contributed by atoms with E-state index in [1.54, 1.807) is 7.11 Å². The lowest BCUT2D eigenvalue weighted by Crippen LogP contribution is -2.01. The fourth-order valence-electron chi connectivity index (χ4n) is 5.87. The highest BCUT2D eigenvalue weighted by Crippen LogP contribution is 2.50. The first-order valence-electron chi connectivity index (χ1n) is 12.7. The Morgan fingerprint density at radius 3 is 2.83 bits per heavy atom. The van der Waals surface area contributed by atoms with E-state index in [-0.39, 0.29) is 6.10 Å². The Kier molecular flexibility index (Phi) is 5.69. The summed E-state index contributed by atoms with van der Waals surface area (Å²) in [5, 5.41) is 4.96. The first kappa shape index (κ1) is 22.1. The molecule has 2 aromatic heterocycles. The lowest BCUT2D eigenvalue weighted by molar-refractivity contribution is 0.102. The third kappa shape index (κ3) is 4.17. The van der Waals surface area contributed by atoms with Gasteiger partial charge in [-0.05, 0) is 91.3 Å². The highest BCUT2D eigenvalue weighted by Gasteiger charge is 2.37. The van der Waals surface area contributed by atoms with E-state index in [9.17, 15) is 0 Å². The molecule has 4 aromatic rings. The van der Waals surface area contributed by atoms with Crippen LogP contribution in [0.5, 0.6) is 0 Å². The number of fused-ring (bicyclic) bond motifs is 2. The van der Waals surface area contributed by atoms with E-state index in [0.29, 0.717) is 5.92 Å². The van der Waals surface area contributed by atoms with Crippen molar-refractivity contribution in [1.29, 1.82) is 0 Å². The third-order valence-electron chi connectivity index (χ3n) is 7.92. The molecule has 0 amide bonds. The van der Waals surface area contributed by atoms with Crippen molar-refractivity contribution in [3.8, 4) is 0 Å². The number of allylic oxidation sites excluding steroid dienone is 1. The zero-order chi connectivity index (χ0) is 23.9. The van der Waals surface area contributed by atoms with Crippen molar-refractivity contribution in [1.82, 2.24) is 9.97 Å². The number of hydrogen-bond acceptors (Lipinski definition) is 3. The number of nitrogens with zero attached hydrogens (tertiary/aromatic N) is 1. The number of aromatic nitrogens is 2. The molecular weight excluding hydrogens is 430 g/mol. The minimum atomic E-state index is 0.123. The van der Waals surface area contributed by atoms with Crippen LogP contribution < -0.4 is 5.32 Å². The second-order valence-electron chi connectivity index (χ2n) is 10.2. The van der Waals surface area contributed by atoms with E-state index < -0.39 is 0 Å². The lowest BCUT2D eigenvalue weighted by Gasteiger charge is -2.13. The molecule has 0 bridgehead atoms. The average molecular weight is 464 g/mol. The second kappa shape index (κ2) is 9.01. The van der Waals surface area contributed by atoms with Crippen LogP contribution in [0.25, 0.3) is 16.5 Å². The normalized spacial score (nSPS) is 20.7. The van der Waals surface area contributed by atoms with Crippen LogP contribution >= 0.6 is 0 Å². The van der Waals surface area contributed by atoms with Gasteiger partial charge in [0.2, 0.25) is 0 Å². The van der Waals surface area contributed by atoms with Gasteiger partial charge in [0.1, 0.15) is 0 Å². The molecule has 2 heterocycles. The summed E-state index contributed by atoms with van der Waals surface area (Å²) in [6.07, 6.45) is 9.87. The van der Waals surface area contributed by atoms with Crippen molar-refractivity contribution >= 4 is 27.9 Å². The Balaban J connectivity index is 1.09. The van der Waals surface area contributed by atoms with Gasteiger partial charge in [0.15, 0.2) is 0 Å². The molecule has 1 fully saturated rings. The maximum absolute atomic E-state index is 5.59. The Morgan fingerprint density at radius 2 is 2.03 bits per heavy atom. The molecule has 178 valence electrons. The van der Waals surface area contributed by atoms with Crippen LogP contribution in [0.3, 0.4) is 0 Å². The van der Waals surface area contributed by atoms with E-state index >= 15 is 0 Å². The first-order valence-corrected chi connectivity index (χ1v) is 12.7. The van der Waals surface area contributed by atoms with Gasteiger partial charge in [-0.25, -0.2) is 0 Å². The minimum absolute atomic E-state index is 0.123. The number of methoxy groups -OCH3 is 1. The van der Waals surface area contributed by atoms with Gasteiger partial charge in [-0.2, -0.15) is 0 Å². The van der Waals surface area contributed by atoms with Crippen LogP contribution in [0, 0.1) is 5.92 Å². The van der Waals surface area contributed by atoms with E-state index in [1.165, 1.54) is 46.0 Å². The first-order chi connectivity index (χ1) is 17.1. The van der Waals surface area contributed by atoms with E-state index in [2.05, 4.69) is 83.5 Å². The van der Waals surface area contributed by atoms with Crippen LogP contribution in [-0.4, -0.2) is 17.1 Å². The van der Waals surface area contributed by atoms with E-state index in [1.807, 2.05) is 6.20 Å². The number of aryl methyl sites for hydroxylation is 1. The average Bonchev–Trinajstić information content (AvgIpc) is 3.33. The molecule has 4 nitrogen and oxygen atoms in total. The number of rotatable bonds is 8. The number of anilines is 2. The summed E-state index contributed by atoms with van der Waals surface area (Å²) < 4.78 is 5.59. The molecule has 1 saturated carbocycles. The molecule has 0 aliphatic heterocycles. The Labute approximate surface area is 207 Å². The summed E-state index contributed by atoms with van der Waals surface area (Å²) in [6, 6.07) is 17.7. The van der Waals surface area contributed by atoms with Crippen molar-refractivity contribution in [3.63, 3.8) is 0 Å². The van der Waals surface area contributed by atoms with E-state index in [0.717, 1.165) is 47.8 Å².